The van der Waals surface area contributed by atoms with Crippen molar-refractivity contribution in [1.29, 1.82) is 0 Å². The molecule has 8 nitrogen and oxygen atoms in total. The zero-order valence-corrected chi connectivity index (χ0v) is 41.0. The van der Waals surface area contributed by atoms with Gasteiger partial charge in [-0.15, -0.1) is 0 Å². The van der Waals surface area contributed by atoms with Crippen molar-refractivity contribution in [2.24, 2.45) is 0 Å². The van der Waals surface area contributed by atoms with Crippen LogP contribution in [0.25, 0.3) is 133 Å². The van der Waals surface area contributed by atoms with Crippen LogP contribution < -0.4 is 0 Å². The minimum Gasteiger partial charge on any atom is -0.264 e. The van der Waals surface area contributed by atoms with Gasteiger partial charge in [0.2, 0.25) is 0 Å². The van der Waals surface area contributed by atoms with Crippen molar-refractivity contribution in [1.82, 2.24) is 39.9 Å². The normalized spacial score (nSPS) is 11.2. The highest BCUT2D eigenvalue weighted by Crippen LogP contribution is 2.45. The third kappa shape index (κ3) is 8.65. The second-order valence-electron chi connectivity index (χ2n) is 18.3. The van der Waals surface area contributed by atoms with E-state index >= 15 is 0 Å². The molecule has 0 unspecified atom stereocenters. The quantitative estimate of drug-likeness (QED) is 0.139. The van der Waals surface area contributed by atoms with Gasteiger partial charge in [0.1, 0.15) is 0 Å². The topological polar surface area (TPSA) is 103 Å². The van der Waals surface area contributed by atoms with Gasteiger partial charge >= 0.3 is 0 Å². The number of hydrogen-bond donors (Lipinski definition) is 0. The van der Waals surface area contributed by atoms with Crippen LogP contribution in [-0.2, 0) is 0 Å². The molecule has 0 atom stereocenters. The maximum Gasteiger partial charge on any atom is 0.0725 e. The molecule has 76 heavy (non-hydrogen) atoms. The Morgan fingerprint density at radius 3 is 0.750 bits per heavy atom. The summed E-state index contributed by atoms with van der Waals surface area (Å²) in [5.74, 6) is 0. The lowest BCUT2D eigenvalue weighted by Gasteiger charge is -2.17. The summed E-state index contributed by atoms with van der Waals surface area (Å²) >= 11 is 0. The Bertz CT molecular complexity index is 3970. The second kappa shape index (κ2) is 20.2. The average Bonchev–Trinajstić information content (AvgIpc) is 3.53. The Labute approximate surface area is 438 Å². The summed E-state index contributed by atoms with van der Waals surface area (Å²) in [5.41, 5.74) is 16.3. The molecule has 0 spiro atoms. The van der Waals surface area contributed by atoms with Crippen LogP contribution in [0.2, 0.25) is 0 Å². The Morgan fingerprint density at radius 2 is 0.474 bits per heavy atom. The number of rotatable bonds is 8. The van der Waals surface area contributed by atoms with Crippen LogP contribution >= 0.6 is 0 Å². The van der Waals surface area contributed by atoms with Crippen molar-refractivity contribution >= 4 is 43.1 Å². The van der Waals surface area contributed by atoms with E-state index in [0.29, 0.717) is 0 Å². The summed E-state index contributed by atoms with van der Waals surface area (Å²) in [6.07, 6.45) is 18.5. The standard InChI is InChI=1S/2C34H22N4/c1-2-12-26-25(11-1)33(31-17-5-15-29(37-31)23-9-7-19-35-21-23)27-13-3-4-14-28(27)34(26)32-18-6-16-30(38-32)24-10-8-20-36-22-24;1-2-10-28-27(9-1)33(25-13-15-31(37-21-25)23-7-5-17-35-19-23)29-11-3-4-12-30(29)34(28)26-14-16-32(38-22-26)24-8-6-18-36-20-24/h2*1-22H. The maximum atomic E-state index is 5.11. The number of benzene rings is 6. The Kier molecular flexibility index (Phi) is 12.1. The van der Waals surface area contributed by atoms with Gasteiger partial charge in [0.25, 0.3) is 0 Å². The highest BCUT2D eigenvalue weighted by atomic mass is 14.7. The minimum atomic E-state index is 0.902. The van der Waals surface area contributed by atoms with Crippen LogP contribution in [0.4, 0.5) is 0 Å². The van der Waals surface area contributed by atoms with Crippen LogP contribution in [-0.4, -0.2) is 39.9 Å². The van der Waals surface area contributed by atoms with Gasteiger partial charge in [0.15, 0.2) is 0 Å². The lowest BCUT2D eigenvalue weighted by molar-refractivity contribution is 1.28. The fourth-order valence-electron chi connectivity index (χ4n) is 10.4. The molecule has 0 radical (unpaired) electrons. The Balaban J connectivity index is 0.000000146. The average molecular weight is 973 g/mol. The first kappa shape index (κ1) is 45.4. The fourth-order valence-corrected chi connectivity index (χ4v) is 10.4. The van der Waals surface area contributed by atoms with Gasteiger partial charge in [-0.3, -0.25) is 29.9 Å². The maximum absolute atomic E-state index is 5.11. The molecule has 0 aliphatic carbocycles. The minimum absolute atomic E-state index is 0.902. The van der Waals surface area contributed by atoms with Gasteiger partial charge in [0.05, 0.1) is 34.2 Å². The van der Waals surface area contributed by atoms with E-state index in [9.17, 15) is 0 Å². The van der Waals surface area contributed by atoms with Crippen LogP contribution in [0, 0.1) is 0 Å². The predicted molar refractivity (Wildman–Crippen MR) is 309 cm³/mol. The molecule has 14 rings (SSSR count). The largest absolute Gasteiger partial charge is 0.264 e. The molecule has 0 aliphatic rings. The van der Waals surface area contributed by atoms with E-state index < -0.39 is 0 Å². The molecule has 8 heteroatoms. The van der Waals surface area contributed by atoms with E-state index in [4.69, 9.17) is 19.9 Å². The summed E-state index contributed by atoms with van der Waals surface area (Å²) < 4.78 is 0. The van der Waals surface area contributed by atoms with Gasteiger partial charge in [-0.05, 0) is 139 Å². The highest BCUT2D eigenvalue weighted by Gasteiger charge is 2.20. The molecule has 8 heterocycles. The van der Waals surface area contributed by atoms with Gasteiger partial charge < -0.3 is 0 Å². The lowest BCUT2D eigenvalue weighted by Crippen LogP contribution is -1.95. The first-order valence-corrected chi connectivity index (χ1v) is 25.1. The van der Waals surface area contributed by atoms with E-state index in [1.165, 1.54) is 32.7 Å². The SMILES string of the molecule is c1cncc(-c2ccc(-c3c4ccccc4c(-c4ccc(-c5cccnc5)nc4)c4ccccc34)cn2)c1.c1cncc(-c2cccc(-c3c4ccccc4c(-c4cccc(-c5cccnc5)n4)c4ccccc34)n2)c1. The molecule has 356 valence electrons. The summed E-state index contributed by atoms with van der Waals surface area (Å²) in [6, 6.07) is 71.1. The lowest BCUT2D eigenvalue weighted by atomic mass is 9.86. The van der Waals surface area contributed by atoms with Crippen molar-refractivity contribution < 1.29 is 0 Å². The summed E-state index contributed by atoms with van der Waals surface area (Å²) in [6.45, 7) is 0. The number of pyridine rings is 8. The second-order valence-corrected chi connectivity index (χ2v) is 18.3. The zero-order chi connectivity index (χ0) is 50.6. The summed E-state index contributed by atoms with van der Waals surface area (Å²) in [7, 11) is 0. The van der Waals surface area contributed by atoms with E-state index in [1.807, 2.05) is 97.8 Å². The number of nitrogens with zero attached hydrogens (tertiary/aromatic N) is 8. The van der Waals surface area contributed by atoms with Crippen LogP contribution in [0.3, 0.4) is 0 Å². The van der Waals surface area contributed by atoms with Gasteiger partial charge in [-0.25, -0.2) is 9.97 Å². The molecule has 0 fully saturated rings. The highest BCUT2D eigenvalue weighted by molar-refractivity contribution is 6.22. The summed E-state index contributed by atoms with van der Waals surface area (Å²) in [5, 5.41) is 9.33. The van der Waals surface area contributed by atoms with Gasteiger partial charge in [0, 0.05) is 106 Å². The van der Waals surface area contributed by atoms with Crippen molar-refractivity contribution in [3.05, 3.63) is 268 Å². The molecule has 0 N–H and O–H groups in total. The molecule has 0 bridgehead atoms. The van der Waals surface area contributed by atoms with Crippen LogP contribution in [0.1, 0.15) is 0 Å². The molecule has 0 amide bonds. The zero-order valence-electron chi connectivity index (χ0n) is 41.0. The third-order valence-corrected chi connectivity index (χ3v) is 13.8. The summed E-state index contributed by atoms with van der Waals surface area (Å²) in [4.78, 5) is 36.9. The van der Waals surface area contributed by atoms with Crippen LogP contribution in [0.5, 0.6) is 0 Å². The third-order valence-electron chi connectivity index (χ3n) is 13.8. The molecular formula is C68H44N8. The van der Waals surface area contributed by atoms with Crippen molar-refractivity contribution in [2.45, 2.75) is 0 Å². The van der Waals surface area contributed by atoms with E-state index in [1.54, 1.807) is 24.8 Å². The molecule has 0 saturated heterocycles. The molecule has 6 aromatic carbocycles. The molecule has 14 aromatic rings. The predicted octanol–water partition coefficient (Wildman–Crippen LogP) is 16.5. The van der Waals surface area contributed by atoms with Gasteiger partial charge in [-0.1, -0.05) is 121 Å². The van der Waals surface area contributed by atoms with Crippen LogP contribution in [0.15, 0.2) is 268 Å². The molecule has 0 aliphatic heterocycles. The van der Waals surface area contributed by atoms with E-state index in [2.05, 4.69) is 166 Å². The number of hydrogen-bond acceptors (Lipinski definition) is 8. The smallest absolute Gasteiger partial charge is 0.0725 e. The first-order chi connectivity index (χ1) is 37.7. The molecular weight excluding hydrogens is 929 g/mol. The number of aromatic nitrogens is 8. The van der Waals surface area contributed by atoms with E-state index in [-0.39, 0.29) is 0 Å². The molecule has 0 saturated carbocycles. The molecule has 8 aromatic heterocycles. The van der Waals surface area contributed by atoms with E-state index in [0.717, 1.165) is 100 Å². The van der Waals surface area contributed by atoms with Crippen molar-refractivity contribution in [2.75, 3.05) is 0 Å². The van der Waals surface area contributed by atoms with Gasteiger partial charge in [-0.2, -0.15) is 0 Å². The van der Waals surface area contributed by atoms with Crippen molar-refractivity contribution in [3.8, 4) is 89.8 Å². The first-order valence-electron chi connectivity index (χ1n) is 25.1. The fraction of sp³-hybridized carbons (Fsp3) is 0. The van der Waals surface area contributed by atoms with Crippen molar-refractivity contribution in [3.63, 3.8) is 0 Å². The Hall–Kier alpha value is -10.4. The number of fused-ring (bicyclic) bond motifs is 4. The Morgan fingerprint density at radius 1 is 0.184 bits per heavy atom. The monoisotopic (exact) mass is 972 g/mol.